The smallest absolute Gasteiger partial charge is 0.0487 e. The molecule has 0 spiro atoms. The molecule has 5 fully saturated rings. The van der Waals surface area contributed by atoms with Gasteiger partial charge in [0.2, 0.25) is 0 Å². The average molecular weight is 291 g/mol. The maximum Gasteiger partial charge on any atom is 0.0487 e. The zero-order valence-electron chi connectivity index (χ0n) is 13.3. The zero-order chi connectivity index (χ0) is 14.3. The quantitative estimate of drug-likeness (QED) is 0.694. The highest BCUT2D eigenvalue weighted by molar-refractivity contribution is 5.82. The lowest BCUT2D eigenvalue weighted by Crippen LogP contribution is -2.52. The molecule has 0 radical (unpaired) electrons. The third kappa shape index (κ3) is 1.55. The summed E-state index contributed by atoms with van der Waals surface area (Å²) >= 11 is 0. The second-order valence-electron chi connectivity index (χ2n) is 8.88. The Bertz CT molecular complexity index is 713. The lowest BCUT2D eigenvalue weighted by atomic mass is 9.53. The van der Waals surface area contributed by atoms with E-state index in [1.165, 1.54) is 62.3 Å². The second kappa shape index (κ2) is 3.99. The third-order valence-corrected chi connectivity index (χ3v) is 7.22. The van der Waals surface area contributed by atoms with E-state index in [0.717, 1.165) is 23.7 Å². The van der Waals surface area contributed by atoms with Crippen LogP contribution in [-0.4, -0.2) is 4.57 Å². The van der Waals surface area contributed by atoms with E-state index >= 15 is 0 Å². The van der Waals surface area contributed by atoms with E-state index in [1.54, 1.807) is 5.69 Å². The van der Waals surface area contributed by atoms with Crippen LogP contribution < -0.4 is 0 Å². The monoisotopic (exact) mass is 291 g/mol. The molecular formula is C21H25N. The molecule has 1 aromatic heterocycles. The number of hydrogen-bond donors (Lipinski definition) is 0. The molecule has 22 heavy (non-hydrogen) atoms. The maximum absolute atomic E-state index is 2.88. The van der Waals surface area contributed by atoms with Crippen LogP contribution in [-0.2, 0) is 5.54 Å². The van der Waals surface area contributed by atoms with Crippen LogP contribution in [0.2, 0.25) is 0 Å². The molecule has 1 heterocycles. The highest BCUT2D eigenvalue weighted by atomic mass is 15.1. The lowest BCUT2D eigenvalue weighted by Gasteiger charge is -2.58. The Morgan fingerprint density at radius 2 is 1.50 bits per heavy atom. The summed E-state index contributed by atoms with van der Waals surface area (Å²) in [6.07, 6.45) is 11.9. The van der Waals surface area contributed by atoms with Crippen LogP contribution in [0.3, 0.4) is 0 Å². The summed E-state index contributed by atoms with van der Waals surface area (Å²) in [4.78, 5) is 0. The summed E-state index contributed by atoms with van der Waals surface area (Å²) in [6, 6.07) is 11.7. The van der Waals surface area contributed by atoms with Crippen LogP contribution in [0.5, 0.6) is 0 Å². The van der Waals surface area contributed by atoms with Gasteiger partial charge in [-0.15, -0.1) is 0 Å². The molecule has 0 N–H and O–H groups in total. The van der Waals surface area contributed by atoms with Gasteiger partial charge in [-0.05, 0) is 92.6 Å². The Balaban J connectivity index is 1.59. The van der Waals surface area contributed by atoms with Crippen molar-refractivity contribution in [2.24, 2.45) is 17.8 Å². The number of hydrogen-bond acceptors (Lipinski definition) is 0. The molecule has 0 amide bonds. The van der Waals surface area contributed by atoms with Gasteiger partial charge in [0.1, 0.15) is 0 Å². The molecule has 1 nitrogen and oxygen atoms in total. The standard InChI is InChI=1S/C21H25N/c1-2-4-19-18(3-1)10-20(17-5-6-17)22(19)21-11-14-7-15(12-21)9-16(8-14)13-21/h1-4,10,14-17H,5-9,11-13H2. The molecular weight excluding hydrogens is 266 g/mol. The number of aromatic nitrogens is 1. The van der Waals surface area contributed by atoms with Crippen molar-refractivity contribution in [2.75, 3.05) is 0 Å². The van der Waals surface area contributed by atoms with Gasteiger partial charge in [-0.1, -0.05) is 18.2 Å². The number of nitrogens with zero attached hydrogens (tertiary/aromatic N) is 1. The largest absolute Gasteiger partial charge is 0.338 e. The number of fused-ring (bicyclic) bond motifs is 1. The molecule has 7 rings (SSSR count). The van der Waals surface area contributed by atoms with Gasteiger partial charge < -0.3 is 4.57 Å². The van der Waals surface area contributed by atoms with E-state index < -0.39 is 0 Å². The van der Waals surface area contributed by atoms with Crippen LogP contribution in [0, 0.1) is 17.8 Å². The first-order chi connectivity index (χ1) is 10.8. The summed E-state index contributed by atoms with van der Waals surface area (Å²) in [5.41, 5.74) is 3.70. The Morgan fingerprint density at radius 3 is 2.14 bits per heavy atom. The van der Waals surface area contributed by atoms with Crippen molar-refractivity contribution in [1.29, 1.82) is 0 Å². The Labute approximate surface area is 132 Å². The molecule has 4 bridgehead atoms. The van der Waals surface area contributed by atoms with E-state index in [-0.39, 0.29) is 0 Å². The summed E-state index contributed by atoms with van der Waals surface area (Å²) in [5.74, 6) is 3.94. The average Bonchev–Trinajstić information content (AvgIpc) is 3.25. The summed E-state index contributed by atoms with van der Waals surface area (Å²) < 4.78 is 2.88. The van der Waals surface area contributed by atoms with E-state index in [0.29, 0.717) is 5.54 Å². The molecule has 2 aromatic rings. The highest BCUT2D eigenvalue weighted by Gasteiger charge is 2.53. The van der Waals surface area contributed by atoms with Crippen molar-refractivity contribution < 1.29 is 0 Å². The fourth-order valence-corrected chi connectivity index (χ4v) is 6.72. The Hall–Kier alpha value is -1.24. The van der Waals surface area contributed by atoms with Crippen LogP contribution in [0.15, 0.2) is 30.3 Å². The molecule has 5 saturated carbocycles. The van der Waals surface area contributed by atoms with Gasteiger partial charge in [-0.2, -0.15) is 0 Å². The number of rotatable bonds is 2. The van der Waals surface area contributed by atoms with E-state index in [1.807, 2.05) is 0 Å². The minimum atomic E-state index is 0.482. The fraction of sp³-hybridized carbons (Fsp3) is 0.619. The molecule has 1 aromatic carbocycles. The van der Waals surface area contributed by atoms with Crippen molar-refractivity contribution in [3.8, 4) is 0 Å². The first-order valence-corrected chi connectivity index (χ1v) is 9.42. The van der Waals surface area contributed by atoms with E-state index in [4.69, 9.17) is 0 Å². The second-order valence-corrected chi connectivity index (χ2v) is 8.88. The molecule has 0 saturated heterocycles. The van der Waals surface area contributed by atoms with Gasteiger partial charge in [-0.25, -0.2) is 0 Å². The Morgan fingerprint density at radius 1 is 0.864 bits per heavy atom. The lowest BCUT2D eigenvalue weighted by molar-refractivity contribution is -0.0419. The third-order valence-electron chi connectivity index (χ3n) is 7.22. The predicted octanol–water partition coefficient (Wildman–Crippen LogP) is 5.44. The minimum absolute atomic E-state index is 0.482. The first kappa shape index (κ1) is 12.2. The van der Waals surface area contributed by atoms with Crippen LogP contribution in [0.4, 0.5) is 0 Å². The summed E-state index contributed by atoms with van der Waals surface area (Å²) in [7, 11) is 0. The summed E-state index contributed by atoms with van der Waals surface area (Å²) in [5, 5.41) is 1.49. The maximum atomic E-state index is 2.88. The number of para-hydroxylation sites is 1. The van der Waals surface area contributed by atoms with Gasteiger partial charge in [0, 0.05) is 16.7 Å². The predicted molar refractivity (Wildman–Crippen MR) is 90.1 cm³/mol. The number of benzene rings is 1. The molecule has 0 atom stereocenters. The highest BCUT2D eigenvalue weighted by Crippen LogP contribution is 2.60. The molecule has 5 aliphatic rings. The van der Waals surface area contributed by atoms with Gasteiger partial charge >= 0.3 is 0 Å². The van der Waals surface area contributed by atoms with Gasteiger partial charge in [0.15, 0.2) is 0 Å². The molecule has 5 aliphatic carbocycles. The SMILES string of the molecule is c1ccc2c(c1)cc(C1CC1)n2C12CC3CC(CC(C3)C1)C2. The molecule has 114 valence electrons. The van der Waals surface area contributed by atoms with Gasteiger partial charge in [0.25, 0.3) is 0 Å². The zero-order valence-corrected chi connectivity index (χ0v) is 13.3. The van der Waals surface area contributed by atoms with Gasteiger partial charge in [0.05, 0.1) is 0 Å². The van der Waals surface area contributed by atoms with Crippen LogP contribution in [0.25, 0.3) is 10.9 Å². The molecule has 0 unspecified atom stereocenters. The fourth-order valence-electron chi connectivity index (χ4n) is 6.72. The molecule has 1 heteroatoms. The van der Waals surface area contributed by atoms with E-state index in [9.17, 15) is 0 Å². The summed E-state index contributed by atoms with van der Waals surface area (Å²) in [6.45, 7) is 0. The van der Waals surface area contributed by atoms with Crippen molar-refractivity contribution in [3.05, 3.63) is 36.0 Å². The minimum Gasteiger partial charge on any atom is -0.338 e. The Kier molecular flexibility index (Phi) is 2.21. The van der Waals surface area contributed by atoms with Crippen LogP contribution in [0.1, 0.15) is 63.0 Å². The van der Waals surface area contributed by atoms with Crippen LogP contribution >= 0.6 is 0 Å². The topological polar surface area (TPSA) is 4.93 Å². The van der Waals surface area contributed by atoms with Crippen molar-refractivity contribution in [2.45, 2.75) is 62.8 Å². The van der Waals surface area contributed by atoms with Crippen molar-refractivity contribution >= 4 is 10.9 Å². The first-order valence-electron chi connectivity index (χ1n) is 9.42. The molecule has 0 aliphatic heterocycles. The normalized spacial score (nSPS) is 39.7. The van der Waals surface area contributed by atoms with E-state index in [2.05, 4.69) is 34.9 Å². The van der Waals surface area contributed by atoms with Gasteiger partial charge in [-0.3, -0.25) is 0 Å². The van der Waals surface area contributed by atoms with Crippen molar-refractivity contribution in [1.82, 2.24) is 4.57 Å². The van der Waals surface area contributed by atoms with Crippen molar-refractivity contribution in [3.63, 3.8) is 0 Å².